The molecule has 0 aliphatic carbocycles. The number of hydrogen-bond donors (Lipinski definition) is 1. The van der Waals surface area contributed by atoms with E-state index in [0.29, 0.717) is 26.4 Å². The minimum atomic E-state index is -0.0890. The lowest BCUT2D eigenvalue weighted by Gasteiger charge is -2.13. The van der Waals surface area contributed by atoms with E-state index in [-0.39, 0.29) is 6.61 Å². The molecule has 3 aromatic rings. The van der Waals surface area contributed by atoms with Crippen molar-refractivity contribution in [2.45, 2.75) is 291 Å². The van der Waals surface area contributed by atoms with E-state index in [2.05, 4.69) is 51.4 Å². The van der Waals surface area contributed by atoms with Crippen molar-refractivity contribution in [3.63, 3.8) is 0 Å². The Labute approximate surface area is 468 Å². The van der Waals surface area contributed by atoms with Crippen LogP contribution in [0, 0.1) is 23.7 Å². The van der Waals surface area contributed by atoms with E-state index in [0.717, 1.165) is 76.5 Å². The summed E-state index contributed by atoms with van der Waals surface area (Å²) >= 11 is 0. The van der Waals surface area contributed by atoms with Crippen LogP contribution in [0.4, 0.5) is 0 Å². The van der Waals surface area contributed by atoms with Gasteiger partial charge in [-0.2, -0.15) is 0 Å². The van der Waals surface area contributed by atoms with Crippen LogP contribution >= 0.6 is 0 Å². The van der Waals surface area contributed by atoms with Crippen LogP contribution < -0.4 is 18.9 Å². The first-order valence-electron chi connectivity index (χ1n) is 32.2. The first kappa shape index (κ1) is 66.2. The maximum Gasteiger partial charge on any atom is 0.162 e. The Morgan fingerprint density at radius 2 is 0.500 bits per heavy atom. The lowest BCUT2D eigenvalue weighted by molar-refractivity contribution is 0.258. The molecule has 426 valence electrons. The third-order valence-corrected chi connectivity index (χ3v) is 14.8. The fourth-order valence-electron chi connectivity index (χ4n) is 9.94. The van der Waals surface area contributed by atoms with Crippen molar-refractivity contribution in [3.8, 4) is 46.7 Å². The van der Waals surface area contributed by atoms with Gasteiger partial charge in [0.2, 0.25) is 0 Å². The van der Waals surface area contributed by atoms with Crippen LogP contribution in [-0.4, -0.2) is 31.5 Å². The van der Waals surface area contributed by atoms with Gasteiger partial charge in [-0.25, -0.2) is 0 Å². The molecule has 0 fully saturated rings. The van der Waals surface area contributed by atoms with Gasteiger partial charge in [0.15, 0.2) is 23.0 Å². The lowest BCUT2D eigenvalue weighted by Crippen LogP contribution is -2.03. The van der Waals surface area contributed by atoms with Crippen LogP contribution in [0.5, 0.6) is 23.0 Å². The molecule has 0 saturated carbocycles. The second-order valence-corrected chi connectivity index (χ2v) is 22.0. The maximum atomic E-state index is 10.3. The largest absolute Gasteiger partial charge is 0.490 e. The molecule has 0 bridgehead atoms. The summed E-state index contributed by atoms with van der Waals surface area (Å²) in [6.45, 7) is 11.8. The van der Waals surface area contributed by atoms with Crippen LogP contribution in [0.2, 0.25) is 0 Å². The molecule has 3 rings (SSSR count). The molecular weight excluding hydrogens is 933 g/mol. The zero-order valence-corrected chi connectivity index (χ0v) is 49.6. The third kappa shape index (κ3) is 34.7. The molecule has 0 atom stereocenters. The second kappa shape index (κ2) is 48.1. The number of rotatable bonds is 49. The zero-order valence-electron chi connectivity index (χ0n) is 49.6. The van der Waals surface area contributed by atoms with Gasteiger partial charge in [-0.05, 0) is 85.8 Å². The van der Waals surface area contributed by atoms with Crippen LogP contribution in [0.1, 0.15) is 312 Å². The van der Waals surface area contributed by atoms with Crippen molar-refractivity contribution in [1.29, 1.82) is 0 Å². The monoisotopic (exact) mass is 1040 g/mol. The third-order valence-electron chi connectivity index (χ3n) is 14.8. The van der Waals surface area contributed by atoms with Gasteiger partial charge in [-0.1, -0.05) is 283 Å². The summed E-state index contributed by atoms with van der Waals surface area (Å²) in [5.74, 6) is 16.7. The topological polar surface area (TPSA) is 57.2 Å². The van der Waals surface area contributed by atoms with E-state index in [9.17, 15) is 5.11 Å². The molecule has 5 heteroatoms. The maximum absolute atomic E-state index is 10.3. The highest BCUT2D eigenvalue weighted by Gasteiger charge is 2.10. The van der Waals surface area contributed by atoms with Gasteiger partial charge in [0, 0.05) is 22.3 Å². The number of unbranched alkanes of at least 4 members (excludes halogenated alkanes) is 36. The predicted molar refractivity (Wildman–Crippen MR) is 327 cm³/mol. The van der Waals surface area contributed by atoms with Crippen LogP contribution in [-0.2, 0) is 6.61 Å². The van der Waals surface area contributed by atoms with Crippen molar-refractivity contribution in [2.75, 3.05) is 26.4 Å². The van der Waals surface area contributed by atoms with Gasteiger partial charge in [0.25, 0.3) is 0 Å². The average molecular weight is 1050 g/mol. The van der Waals surface area contributed by atoms with Gasteiger partial charge >= 0.3 is 0 Å². The first-order chi connectivity index (χ1) is 37.6. The summed E-state index contributed by atoms with van der Waals surface area (Å²) in [5.41, 5.74) is 4.13. The Kier molecular flexibility index (Phi) is 41.9. The lowest BCUT2D eigenvalue weighted by atomic mass is 10.1. The minimum Gasteiger partial charge on any atom is -0.490 e. The highest BCUT2D eigenvalue weighted by molar-refractivity contribution is 5.55. The molecule has 1 N–H and O–H groups in total. The fraction of sp³-hybridized carbons (Fsp3) is 0.690. The van der Waals surface area contributed by atoms with Crippen LogP contribution in [0.25, 0.3) is 0 Å². The zero-order chi connectivity index (χ0) is 54.0. The summed E-state index contributed by atoms with van der Waals surface area (Å²) in [5, 5.41) is 10.3. The number of aliphatic hydroxyl groups excluding tert-OH is 1. The van der Waals surface area contributed by atoms with E-state index in [4.69, 9.17) is 18.9 Å². The molecule has 0 aliphatic heterocycles. The number of aliphatic hydroxyl groups is 1. The van der Waals surface area contributed by atoms with Crippen molar-refractivity contribution < 1.29 is 24.1 Å². The van der Waals surface area contributed by atoms with Gasteiger partial charge in [0.05, 0.1) is 33.0 Å². The molecule has 0 spiro atoms. The van der Waals surface area contributed by atoms with Gasteiger partial charge < -0.3 is 24.1 Å². The molecule has 0 heterocycles. The summed E-state index contributed by atoms with van der Waals surface area (Å²) in [6.07, 6.45) is 51.9. The molecule has 76 heavy (non-hydrogen) atoms. The van der Waals surface area contributed by atoms with Crippen molar-refractivity contribution in [1.82, 2.24) is 0 Å². The second-order valence-electron chi connectivity index (χ2n) is 22.0. The molecule has 5 nitrogen and oxygen atoms in total. The van der Waals surface area contributed by atoms with Crippen molar-refractivity contribution in [3.05, 3.63) is 82.4 Å². The van der Waals surface area contributed by atoms with Crippen LogP contribution in [0.3, 0.4) is 0 Å². The SMILES string of the molecule is CCCCCCCCCCCCOc1ccc(C#Cc2cc(C#Cc3ccc(OCCCCCCCCCCCC)c(OCCCCCCCCCCCC)c3)cc(CO)c2)cc1OCCCCCCCCCCCC. The normalized spacial score (nSPS) is 11.0. The molecule has 0 aromatic heterocycles. The summed E-state index contributed by atoms with van der Waals surface area (Å²) in [6, 6.07) is 18.1. The highest BCUT2D eigenvalue weighted by atomic mass is 16.5. The molecular formula is C71H112O5. The van der Waals surface area contributed by atoms with E-state index < -0.39 is 0 Å². The van der Waals surface area contributed by atoms with E-state index in [1.165, 1.54) is 231 Å². The molecule has 0 unspecified atom stereocenters. The fourth-order valence-corrected chi connectivity index (χ4v) is 9.94. The molecule has 0 aliphatic rings. The Morgan fingerprint density at radius 1 is 0.263 bits per heavy atom. The van der Waals surface area contributed by atoms with E-state index >= 15 is 0 Å². The smallest absolute Gasteiger partial charge is 0.162 e. The number of benzene rings is 3. The number of ether oxygens (including phenoxy) is 4. The molecule has 0 radical (unpaired) electrons. The van der Waals surface area contributed by atoms with Crippen LogP contribution in [0.15, 0.2) is 54.6 Å². The Balaban J connectivity index is 1.67. The van der Waals surface area contributed by atoms with Crippen molar-refractivity contribution in [2.24, 2.45) is 0 Å². The highest BCUT2D eigenvalue weighted by Crippen LogP contribution is 2.31. The Hall–Kier alpha value is -4.06. The Morgan fingerprint density at radius 3 is 0.763 bits per heavy atom. The molecule has 0 amide bonds. The summed E-state index contributed by atoms with van der Waals surface area (Å²) in [4.78, 5) is 0. The quantitative estimate of drug-likeness (QED) is 0.0451. The van der Waals surface area contributed by atoms with Gasteiger partial charge in [0.1, 0.15) is 0 Å². The predicted octanol–water partition coefficient (Wildman–Crippen LogP) is 21.2. The van der Waals surface area contributed by atoms with E-state index in [1.54, 1.807) is 0 Å². The van der Waals surface area contributed by atoms with Crippen molar-refractivity contribution >= 4 is 0 Å². The standard InChI is InChI=1S/C71H112O5/c1-5-9-13-17-21-25-29-33-37-41-53-73-68-51-49-63(60-70(68)75-55-43-39-35-31-27-23-19-15-11-7-3)45-47-65-57-66(59-67(58-65)62-72)48-46-64-50-52-69(74-54-42-38-34-30-26-22-18-14-10-6-2)71(61-64)76-56-44-40-36-32-28-24-20-16-12-8-4/h49-52,57-61,72H,5-44,53-56,62H2,1-4H3. The summed E-state index contributed by atoms with van der Waals surface area (Å²) in [7, 11) is 0. The molecule has 0 saturated heterocycles. The minimum absolute atomic E-state index is 0.0890. The van der Waals surface area contributed by atoms with Gasteiger partial charge in [-0.15, -0.1) is 0 Å². The Bertz CT molecular complexity index is 1830. The number of hydrogen-bond acceptors (Lipinski definition) is 5. The molecule has 3 aromatic carbocycles. The average Bonchev–Trinajstić information content (AvgIpc) is 3.44. The van der Waals surface area contributed by atoms with E-state index in [1.807, 2.05) is 54.6 Å². The first-order valence-corrected chi connectivity index (χ1v) is 32.2. The summed E-state index contributed by atoms with van der Waals surface area (Å²) < 4.78 is 25.6. The van der Waals surface area contributed by atoms with Gasteiger partial charge in [-0.3, -0.25) is 0 Å².